The lowest BCUT2D eigenvalue weighted by atomic mass is 10.0. The molecule has 0 unspecified atom stereocenters. The average Bonchev–Trinajstić information content (AvgIpc) is 3.36. The van der Waals surface area contributed by atoms with Crippen LogP contribution in [0.25, 0.3) is 33.5 Å². The lowest BCUT2D eigenvalue weighted by Gasteiger charge is -2.10. The Kier molecular flexibility index (Phi) is 6.13. The van der Waals surface area contributed by atoms with Crippen molar-refractivity contribution in [2.45, 2.75) is 6.54 Å². The summed E-state index contributed by atoms with van der Waals surface area (Å²) >= 11 is 0. The molecular weight excluding hydrogens is 440 g/mol. The van der Waals surface area contributed by atoms with Gasteiger partial charge in [-0.05, 0) is 60.2 Å². The van der Waals surface area contributed by atoms with E-state index in [1.807, 2.05) is 84.9 Å². The van der Waals surface area contributed by atoms with Gasteiger partial charge in [0.1, 0.15) is 11.5 Å². The van der Waals surface area contributed by atoms with Gasteiger partial charge in [-0.15, -0.1) is 0 Å². The number of amides is 1. The van der Waals surface area contributed by atoms with Crippen molar-refractivity contribution in [3.63, 3.8) is 0 Å². The molecule has 0 aliphatic rings. The smallest absolute Gasteiger partial charge is 0.252 e. The van der Waals surface area contributed by atoms with Gasteiger partial charge in [-0.2, -0.15) is 5.10 Å². The fourth-order valence-corrected chi connectivity index (χ4v) is 3.95. The molecule has 0 radical (unpaired) electrons. The van der Waals surface area contributed by atoms with Crippen LogP contribution >= 0.6 is 0 Å². The minimum atomic E-state index is -0.202. The quantitative estimate of drug-likeness (QED) is 0.344. The van der Waals surface area contributed by atoms with Gasteiger partial charge < -0.3 is 14.8 Å². The highest BCUT2D eigenvalue weighted by atomic mass is 16.5. The van der Waals surface area contributed by atoms with Crippen LogP contribution in [-0.4, -0.2) is 35.3 Å². The molecule has 0 spiro atoms. The summed E-state index contributed by atoms with van der Waals surface area (Å²) in [4.78, 5) is 18.2. The number of aromatic amines is 1. The summed E-state index contributed by atoms with van der Waals surface area (Å²) in [5.41, 5.74) is 5.09. The van der Waals surface area contributed by atoms with E-state index in [0.29, 0.717) is 28.8 Å². The number of fused-ring (bicyclic) bond motifs is 1. The molecule has 7 nitrogen and oxygen atoms in total. The van der Waals surface area contributed by atoms with Crippen LogP contribution in [0.5, 0.6) is 11.5 Å². The van der Waals surface area contributed by atoms with Gasteiger partial charge in [0.15, 0.2) is 5.65 Å². The number of ether oxygens (including phenoxy) is 2. The number of carbonyl (C=O) groups excluding carboxylic acids is 1. The van der Waals surface area contributed by atoms with E-state index < -0.39 is 0 Å². The molecule has 2 aromatic heterocycles. The van der Waals surface area contributed by atoms with Crippen LogP contribution < -0.4 is 14.8 Å². The first-order valence-corrected chi connectivity index (χ1v) is 11.2. The topological polar surface area (TPSA) is 89.1 Å². The fraction of sp³-hybridized carbons (Fsp3) is 0.107. The molecule has 2 heterocycles. The van der Waals surface area contributed by atoms with Crippen molar-refractivity contribution in [2.24, 2.45) is 0 Å². The van der Waals surface area contributed by atoms with Crippen LogP contribution in [0.1, 0.15) is 15.9 Å². The highest BCUT2D eigenvalue weighted by Crippen LogP contribution is 2.32. The van der Waals surface area contributed by atoms with Crippen LogP contribution in [-0.2, 0) is 6.54 Å². The number of benzene rings is 3. The molecule has 5 aromatic rings. The molecule has 174 valence electrons. The highest BCUT2D eigenvalue weighted by Gasteiger charge is 2.20. The zero-order chi connectivity index (χ0) is 24.2. The summed E-state index contributed by atoms with van der Waals surface area (Å²) < 4.78 is 10.5. The number of carbonyl (C=O) groups is 1. The summed E-state index contributed by atoms with van der Waals surface area (Å²) in [5, 5.41) is 11.2. The van der Waals surface area contributed by atoms with E-state index in [9.17, 15) is 4.79 Å². The maximum atomic E-state index is 13.5. The number of rotatable bonds is 7. The number of H-pyrrole nitrogens is 1. The number of methoxy groups -OCH3 is 2. The number of nitrogens with zero attached hydrogens (tertiary/aromatic N) is 2. The molecule has 2 N–H and O–H groups in total. The molecule has 0 bridgehead atoms. The van der Waals surface area contributed by atoms with Gasteiger partial charge in [-0.25, -0.2) is 4.98 Å². The Hall–Kier alpha value is -4.65. The predicted molar refractivity (Wildman–Crippen MR) is 135 cm³/mol. The van der Waals surface area contributed by atoms with E-state index in [-0.39, 0.29) is 5.91 Å². The van der Waals surface area contributed by atoms with Crippen molar-refractivity contribution in [1.82, 2.24) is 20.5 Å². The second-order valence-electron chi connectivity index (χ2n) is 7.98. The van der Waals surface area contributed by atoms with Crippen molar-refractivity contribution in [1.29, 1.82) is 0 Å². The van der Waals surface area contributed by atoms with Crippen molar-refractivity contribution >= 4 is 16.9 Å². The maximum Gasteiger partial charge on any atom is 0.252 e. The molecule has 5 rings (SSSR count). The molecule has 0 fully saturated rings. The van der Waals surface area contributed by atoms with E-state index in [2.05, 4.69) is 15.5 Å². The number of nitrogens with one attached hydrogen (secondary N) is 2. The molecule has 3 aromatic carbocycles. The van der Waals surface area contributed by atoms with E-state index >= 15 is 0 Å². The average molecular weight is 465 g/mol. The zero-order valence-corrected chi connectivity index (χ0v) is 19.4. The van der Waals surface area contributed by atoms with Gasteiger partial charge in [-0.1, -0.05) is 30.3 Å². The monoisotopic (exact) mass is 464 g/mol. The van der Waals surface area contributed by atoms with Crippen LogP contribution in [0, 0.1) is 0 Å². The second-order valence-corrected chi connectivity index (χ2v) is 7.98. The van der Waals surface area contributed by atoms with E-state index in [4.69, 9.17) is 14.5 Å². The lowest BCUT2D eigenvalue weighted by Crippen LogP contribution is -2.23. The van der Waals surface area contributed by atoms with Crippen LogP contribution in [0.15, 0.2) is 84.9 Å². The highest BCUT2D eigenvalue weighted by molar-refractivity contribution is 6.11. The van der Waals surface area contributed by atoms with Crippen molar-refractivity contribution in [2.75, 3.05) is 14.2 Å². The Labute approximate surface area is 202 Å². The van der Waals surface area contributed by atoms with Gasteiger partial charge in [0.2, 0.25) is 0 Å². The minimum Gasteiger partial charge on any atom is -0.497 e. The van der Waals surface area contributed by atoms with Crippen LogP contribution in [0.3, 0.4) is 0 Å². The molecule has 7 heteroatoms. The van der Waals surface area contributed by atoms with Crippen LogP contribution in [0.4, 0.5) is 0 Å². The Morgan fingerprint density at radius 2 is 1.49 bits per heavy atom. The third-order valence-electron chi connectivity index (χ3n) is 5.83. The minimum absolute atomic E-state index is 0.202. The third-order valence-corrected chi connectivity index (χ3v) is 5.83. The number of aromatic nitrogens is 3. The number of hydrogen-bond acceptors (Lipinski definition) is 5. The standard InChI is InChI=1S/C28H24N4O3/c1-34-21-12-8-19(9-13-21)24-16-23(28(33)29-17-18-6-4-3-5-7-18)25-26(31-32-27(25)30-24)20-10-14-22(35-2)15-11-20/h3-16H,17H2,1-2H3,(H,29,33)(H,30,31,32). The largest absolute Gasteiger partial charge is 0.497 e. The lowest BCUT2D eigenvalue weighted by molar-refractivity contribution is 0.0952. The Bertz CT molecular complexity index is 1460. The first-order chi connectivity index (χ1) is 17.2. The first-order valence-electron chi connectivity index (χ1n) is 11.2. The second kappa shape index (κ2) is 9.69. The summed E-state index contributed by atoms with van der Waals surface area (Å²) in [6, 6.07) is 26.8. The third kappa shape index (κ3) is 4.56. The summed E-state index contributed by atoms with van der Waals surface area (Å²) in [6.07, 6.45) is 0. The Balaban J connectivity index is 1.60. The molecule has 0 saturated heterocycles. The van der Waals surface area contributed by atoms with Gasteiger partial charge in [0.05, 0.1) is 36.6 Å². The van der Waals surface area contributed by atoms with Gasteiger partial charge in [-0.3, -0.25) is 9.89 Å². The van der Waals surface area contributed by atoms with E-state index in [1.165, 1.54) is 0 Å². The van der Waals surface area contributed by atoms with Crippen molar-refractivity contribution < 1.29 is 14.3 Å². The maximum absolute atomic E-state index is 13.5. The SMILES string of the molecule is COc1ccc(-c2cc(C(=O)NCc3ccccc3)c3c(-c4ccc(OC)cc4)[nH]nc3n2)cc1. The van der Waals surface area contributed by atoms with E-state index in [1.54, 1.807) is 14.2 Å². The molecule has 0 aliphatic carbocycles. The fourth-order valence-electron chi connectivity index (χ4n) is 3.95. The van der Waals surface area contributed by atoms with Crippen molar-refractivity contribution in [3.05, 3.63) is 96.1 Å². The molecule has 1 amide bonds. The Morgan fingerprint density at radius 1 is 0.857 bits per heavy atom. The van der Waals surface area contributed by atoms with Gasteiger partial charge in [0.25, 0.3) is 5.91 Å². The summed E-state index contributed by atoms with van der Waals surface area (Å²) in [5.74, 6) is 1.29. The molecule has 0 atom stereocenters. The molecule has 0 saturated carbocycles. The number of pyridine rings is 1. The molecule has 0 aliphatic heterocycles. The van der Waals surface area contributed by atoms with Crippen molar-refractivity contribution in [3.8, 4) is 34.0 Å². The van der Waals surface area contributed by atoms with Gasteiger partial charge in [0, 0.05) is 17.7 Å². The summed E-state index contributed by atoms with van der Waals surface area (Å²) in [7, 11) is 3.25. The predicted octanol–water partition coefficient (Wildman–Crippen LogP) is 5.24. The van der Waals surface area contributed by atoms with Crippen LogP contribution in [0.2, 0.25) is 0 Å². The zero-order valence-electron chi connectivity index (χ0n) is 19.4. The van der Waals surface area contributed by atoms with E-state index in [0.717, 1.165) is 33.9 Å². The van der Waals surface area contributed by atoms with Gasteiger partial charge >= 0.3 is 0 Å². The molecular formula is C28H24N4O3. The Morgan fingerprint density at radius 3 is 2.11 bits per heavy atom. The number of hydrogen-bond donors (Lipinski definition) is 2. The summed E-state index contributed by atoms with van der Waals surface area (Å²) in [6.45, 7) is 0.414. The first kappa shape index (κ1) is 22.2. The normalized spacial score (nSPS) is 10.8. The molecule has 35 heavy (non-hydrogen) atoms.